The zero-order chi connectivity index (χ0) is 24.6. The lowest BCUT2D eigenvalue weighted by atomic mass is 9.82. The first kappa shape index (κ1) is 24.2. The number of hydrogen-bond donors (Lipinski definition) is 2. The summed E-state index contributed by atoms with van der Waals surface area (Å²) in [5.41, 5.74) is 5.43. The molecule has 172 valence electrons. The molecule has 2 N–H and O–H groups in total. The maximum Gasteiger partial charge on any atom is 0.336 e. The lowest BCUT2D eigenvalue weighted by Crippen LogP contribution is -2.20. The zero-order valence-corrected chi connectivity index (χ0v) is 20.5. The molecule has 0 bridgehead atoms. The number of aromatic carboxylic acids is 1. The van der Waals surface area contributed by atoms with Crippen molar-refractivity contribution in [3.63, 3.8) is 0 Å². The number of carboxylic acids is 1. The fourth-order valence-electron chi connectivity index (χ4n) is 3.91. The van der Waals surface area contributed by atoms with Crippen molar-refractivity contribution in [1.82, 2.24) is 0 Å². The van der Waals surface area contributed by atoms with Gasteiger partial charge in [-0.1, -0.05) is 77.9 Å². The van der Waals surface area contributed by atoms with Crippen LogP contribution >= 0.6 is 0 Å². The second-order valence-electron chi connectivity index (χ2n) is 10.6. The van der Waals surface area contributed by atoms with Gasteiger partial charge in [0.2, 0.25) is 0 Å². The van der Waals surface area contributed by atoms with Crippen molar-refractivity contribution in [3.05, 3.63) is 88.5 Å². The molecule has 3 aromatic rings. The molecule has 3 aromatic carbocycles. The number of nitrogens with one attached hydrogen (secondary N) is 1. The number of rotatable bonds is 4. The summed E-state index contributed by atoms with van der Waals surface area (Å²) in [5.74, 6) is -1.29. The van der Waals surface area contributed by atoms with Crippen LogP contribution in [0.3, 0.4) is 0 Å². The average Bonchev–Trinajstić information content (AvgIpc) is 2.72. The van der Waals surface area contributed by atoms with Crippen LogP contribution in [0.4, 0.5) is 5.69 Å². The smallest absolute Gasteiger partial charge is 0.336 e. The normalized spacial score (nSPS) is 11.8. The van der Waals surface area contributed by atoms with Crippen LogP contribution in [0.25, 0.3) is 11.1 Å². The number of carbonyl (C=O) groups is 2. The van der Waals surface area contributed by atoms with Crippen LogP contribution in [-0.2, 0) is 10.8 Å². The summed E-state index contributed by atoms with van der Waals surface area (Å²) in [6, 6.07) is 18.8. The number of anilines is 1. The van der Waals surface area contributed by atoms with Gasteiger partial charge in [-0.3, -0.25) is 4.79 Å². The minimum atomic E-state index is -1.03. The van der Waals surface area contributed by atoms with Gasteiger partial charge in [-0.05, 0) is 69.8 Å². The standard InChI is InChI=1S/C29H33NO3/c1-18-10-8-9-11-21(18)22-16-24(29(5,6)7)25(17-23(22)27(32)33)30-26(31)19-12-14-20(15-13-19)28(2,3)4/h8-17H,1-7H3,(H,30,31)(H,32,33). The largest absolute Gasteiger partial charge is 0.478 e. The molecule has 0 aromatic heterocycles. The third-order valence-corrected chi connectivity index (χ3v) is 5.89. The van der Waals surface area contributed by atoms with Gasteiger partial charge in [0.05, 0.1) is 5.56 Å². The molecule has 0 fully saturated rings. The molecular weight excluding hydrogens is 410 g/mol. The van der Waals surface area contributed by atoms with Gasteiger partial charge in [0.1, 0.15) is 0 Å². The molecule has 0 atom stereocenters. The number of carboxylic acid groups (broad SMARTS) is 1. The lowest BCUT2D eigenvalue weighted by Gasteiger charge is -2.26. The predicted molar refractivity (Wildman–Crippen MR) is 135 cm³/mol. The summed E-state index contributed by atoms with van der Waals surface area (Å²) in [7, 11) is 0. The van der Waals surface area contributed by atoms with E-state index in [1.807, 2.05) is 61.5 Å². The first-order chi connectivity index (χ1) is 15.3. The van der Waals surface area contributed by atoms with Crippen LogP contribution in [0, 0.1) is 6.92 Å². The van der Waals surface area contributed by atoms with Crippen LogP contribution in [0.5, 0.6) is 0 Å². The Morgan fingerprint density at radius 3 is 1.91 bits per heavy atom. The van der Waals surface area contributed by atoms with Crippen LogP contribution in [0.2, 0.25) is 0 Å². The Kier molecular flexibility index (Phi) is 6.51. The quantitative estimate of drug-likeness (QED) is 0.448. The molecule has 3 rings (SSSR count). The van der Waals surface area contributed by atoms with E-state index in [4.69, 9.17) is 0 Å². The molecule has 0 saturated carbocycles. The van der Waals surface area contributed by atoms with E-state index in [9.17, 15) is 14.7 Å². The summed E-state index contributed by atoms with van der Waals surface area (Å²) in [6.45, 7) is 14.5. The van der Waals surface area contributed by atoms with Crippen molar-refractivity contribution in [2.45, 2.75) is 59.3 Å². The van der Waals surface area contributed by atoms with E-state index in [0.29, 0.717) is 16.8 Å². The molecule has 0 aliphatic rings. The summed E-state index contributed by atoms with van der Waals surface area (Å²) >= 11 is 0. The van der Waals surface area contributed by atoms with Gasteiger partial charge < -0.3 is 10.4 Å². The molecule has 0 heterocycles. The molecule has 1 amide bonds. The highest BCUT2D eigenvalue weighted by Gasteiger charge is 2.25. The zero-order valence-electron chi connectivity index (χ0n) is 20.5. The van der Waals surface area contributed by atoms with Crippen molar-refractivity contribution < 1.29 is 14.7 Å². The Hall–Kier alpha value is -3.40. The highest BCUT2D eigenvalue weighted by Crippen LogP contribution is 2.37. The second-order valence-corrected chi connectivity index (χ2v) is 10.6. The van der Waals surface area contributed by atoms with Crippen LogP contribution in [0.15, 0.2) is 60.7 Å². The minimum Gasteiger partial charge on any atom is -0.478 e. The van der Waals surface area contributed by atoms with Gasteiger partial charge in [-0.15, -0.1) is 0 Å². The maximum atomic E-state index is 13.1. The van der Waals surface area contributed by atoms with Gasteiger partial charge >= 0.3 is 5.97 Å². The predicted octanol–water partition coefficient (Wildman–Crippen LogP) is 7.21. The molecule has 4 nitrogen and oxygen atoms in total. The molecule has 0 spiro atoms. The fraction of sp³-hybridized carbons (Fsp3) is 0.310. The lowest BCUT2D eigenvalue weighted by molar-refractivity contribution is 0.0697. The van der Waals surface area contributed by atoms with E-state index in [-0.39, 0.29) is 22.3 Å². The third kappa shape index (κ3) is 5.33. The second kappa shape index (κ2) is 8.86. The van der Waals surface area contributed by atoms with Crippen LogP contribution in [-0.4, -0.2) is 17.0 Å². The topological polar surface area (TPSA) is 66.4 Å². The van der Waals surface area contributed by atoms with Gasteiger partial charge in [0, 0.05) is 11.3 Å². The van der Waals surface area contributed by atoms with E-state index in [1.165, 1.54) is 0 Å². The van der Waals surface area contributed by atoms with Crippen molar-refractivity contribution in [2.24, 2.45) is 0 Å². The third-order valence-electron chi connectivity index (χ3n) is 5.89. The summed E-state index contributed by atoms with van der Waals surface area (Å²) in [5, 5.41) is 13.0. The van der Waals surface area contributed by atoms with E-state index >= 15 is 0 Å². The van der Waals surface area contributed by atoms with Gasteiger partial charge in [-0.2, -0.15) is 0 Å². The molecule has 0 saturated heterocycles. The Bertz CT molecular complexity index is 1190. The first-order valence-corrected chi connectivity index (χ1v) is 11.2. The number of aryl methyl sites for hydroxylation is 1. The Labute approximate surface area is 196 Å². The van der Waals surface area contributed by atoms with Crippen molar-refractivity contribution in [3.8, 4) is 11.1 Å². The van der Waals surface area contributed by atoms with Crippen molar-refractivity contribution in [2.75, 3.05) is 5.32 Å². The van der Waals surface area contributed by atoms with Gasteiger partial charge in [0.15, 0.2) is 0 Å². The molecule has 33 heavy (non-hydrogen) atoms. The van der Waals surface area contributed by atoms with E-state index < -0.39 is 5.97 Å². The van der Waals surface area contributed by atoms with Crippen LogP contribution < -0.4 is 5.32 Å². The van der Waals surface area contributed by atoms with E-state index in [1.54, 1.807) is 6.07 Å². The van der Waals surface area contributed by atoms with Crippen LogP contribution in [0.1, 0.15) is 78.9 Å². The summed E-state index contributed by atoms with van der Waals surface area (Å²) in [6.07, 6.45) is 0. The molecule has 4 heteroatoms. The van der Waals surface area contributed by atoms with Crippen molar-refractivity contribution in [1.29, 1.82) is 0 Å². The number of carbonyl (C=O) groups excluding carboxylic acids is 1. The molecule has 0 aliphatic heterocycles. The molecule has 0 aliphatic carbocycles. The van der Waals surface area contributed by atoms with Crippen molar-refractivity contribution >= 4 is 17.6 Å². The minimum absolute atomic E-state index is 0.00377. The monoisotopic (exact) mass is 443 g/mol. The van der Waals surface area contributed by atoms with Gasteiger partial charge in [-0.25, -0.2) is 4.79 Å². The first-order valence-electron chi connectivity index (χ1n) is 11.2. The van der Waals surface area contributed by atoms with E-state index in [2.05, 4.69) is 46.9 Å². The molecule has 0 unspecified atom stereocenters. The molecule has 0 radical (unpaired) electrons. The Morgan fingerprint density at radius 1 is 0.788 bits per heavy atom. The SMILES string of the molecule is Cc1ccccc1-c1cc(C(C)(C)C)c(NC(=O)c2ccc(C(C)(C)C)cc2)cc1C(=O)O. The highest BCUT2D eigenvalue weighted by molar-refractivity contribution is 6.06. The van der Waals surface area contributed by atoms with E-state index in [0.717, 1.165) is 22.3 Å². The maximum absolute atomic E-state index is 13.1. The Morgan fingerprint density at radius 2 is 1.39 bits per heavy atom. The summed E-state index contributed by atoms with van der Waals surface area (Å²) < 4.78 is 0. The average molecular weight is 444 g/mol. The number of benzene rings is 3. The molecular formula is C29H33NO3. The fourth-order valence-corrected chi connectivity index (χ4v) is 3.91. The summed E-state index contributed by atoms with van der Waals surface area (Å²) in [4.78, 5) is 25.3. The number of amides is 1. The highest BCUT2D eigenvalue weighted by atomic mass is 16.4. The van der Waals surface area contributed by atoms with Gasteiger partial charge in [0.25, 0.3) is 5.91 Å². The number of hydrogen-bond acceptors (Lipinski definition) is 2. The Balaban J connectivity index is 2.09.